The number of ether oxygens (including phenoxy) is 1. The summed E-state index contributed by atoms with van der Waals surface area (Å²) in [5.74, 6) is 1.22. The average Bonchev–Trinajstić information content (AvgIpc) is 3.12. The summed E-state index contributed by atoms with van der Waals surface area (Å²) in [6.07, 6.45) is 3.24. The second-order valence-electron chi connectivity index (χ2n) is 7.25. The van der Waals surface area contributed by atoms with Crippen LogP contribution in [0.4, 0.5) is 0 Å². The molecular formula is C23H25N3O2. The number of nitrogens with zero attached hydrogens (tertiary/aromatic N) is 2. The fourth-order valence-electron chi connectivity index (χ4n) is 3.83. The van der Waals surface area contributed by atoms with Crippen LogP contribution in [0.5, 0.6) is 5.75 Å². The molecule has 1 saturated heterocycles. The van der Waals surface area contributed by atoms with Gasteiger partial charge in [-0.2, -0.15) is 5.10 Å². The van der Waals surface area contributed by atoms with Gasteiger partial charge in [-0.05, 0) is 36.6 Å². The van der Waals surface area contributed by atoms with Crippen LogP contribution in [-0.2, 0) is 0 Å². The van der Waals surface area contributed by atoms with Gasteiger partial charge >= 0.3 is 0 Å². The van der Waals surface area contributed by atoms with Crippen LogP contribution in [0.15, 0.2) is 60.7 Å². The first-order valence-corrected chi connectivity index (χ1v) is 9.78. The quantitative estimate of drug-likeness (QED) is 0.731. The molecule has 2 heterocycles. The highest BCUT2D eigenvalue weighted by Crippen LogP contribution is 2.29. The molecule has 2 aromatic carbocycles. The van der Waals surface area contributed by atoms with Gasteiger partial charge in [-0.15, -0.1) is 0 Å². The molecule has 1 unspecified atom stereocenters. The molecule has 1 atom stereocenters. The van der Waals surface area contributed by atoms with Crippen molar-refractivity contribution in [1.29, 1.82) is 0 Å². The first kappa shape index (κ1) is 18.3. The van der Waals surface area contributed by atoms with Crippen molar-refractivity contribution >= 4 is 5.91 Å². The Bertz CT molecular complexity index is 919. The van der Waals surface area contributed by atoms with Crippen LogP contribution in [0.25, 0.3) is 11.3 Å². The maximum absolute atomic E-state index is 13.1. The summed E-state index contributed by atoms with van der Waals surface area (Å²) in [4.78, 5) is 15.1. The van der Waals surface area contributed by atoms with Crippen molar-refractivity contribution in [3.63, 3.8) is 0 Å². The summed E-state index contributed by atoms with van der Waals surface area (Å²) in [5.41, 5.74) is 3.61. The molecule has 0 radical (unpaired) electrons. The van der Waals surface area contributed by atoms with E-state index in [2.05, 4.69) is 22.3 Å². The van der Waals surface area contributed by atoms with Gasteiger partial charge in [0.15, 0.2) is 0 Å². The Hall–Kier alpha value is -3.08. The minimum absolute atomic E-state index is 0.0232. The van der Waals surface area contributed by atoms with E-state index in [1.807, 2.05) is 53.4 Å². The van der Waals surface area contributed by atoms with Crippen LogP contribution in [0, 0.1) is 0 Å². The molecule has 0 spiro atoms. The van der Waals surface area contributed by atoms with Crippen LogP contribution in [-0.4, -0.2) is 41.2 Å². The van der Waals surface area contributed by atoms with E-state index in [1.165, 1.54) is 5.56 Å². The molecule has 0 saturated carbocycles. The van der Waals surface area contributed by atoms with E-state index in [4.69, 9.17) is 4.74 Å². The van der Waals surface area contributed by atoms with Gasteiger partial charge in [0.25, 0.3) is 5.91 Å². The number of aromatic amines is 1. The Morgan fingerprint density at radius 2 is 1.89 bits per heavy atom. The molecule has 0 aliphatic carbocycles. The van der Waals surface area contributed by atoms with Crippen molar-refractivity contribution in [1.82, 2.24) is 15.1 Å². The monoisotopic (exact) mass is 375 g/mol. The summed E-state index contributed by atoms with van der Waals surface area (Å²) in [7, 11) is 1.68. The molecule has 4 rings (SSSR count). The van der Waals surface area contributed by atoms with E-state index in [1.54, 1.807) is 7.11 Å². The molecular weight excluding hydrogens is 350 g/mol. The number of carbonyl (C=O) groups excluding carboxylic acids is 1. The highest BCUT2D eigenvalue weighted by Gasteiger charge is 2.25. The SMILES string of the molecule is COc1ccc(C2CCCCN(C(=O)c3cc(-c4ccccc4)n[nH]3)C2)cc1. The smallest absolute Gasteiger partial charge is 0.271 e. The zero-order valence-electron chi connectivity index (χ0n) is 16.1. The lowest BCUT2D eigenvalue weighted by Gasteiger charge is -2.24. The summed E-state index contributed by atoms with van der Waals surface area (Å²) >= 11 is 0. The number of likely N-dealkylation sites (tertiary alicyclic amines) is 1. The molecule has 5 nitrogen and oxygen atoms in total. The lowest BCUT2D eigenvalue weighted by molar-refractivity contribution is 0.0748. The fraction of sp³-hybridized carbons (Fsp3) is 0.304. The topological polar surface area (TPSA) is 58.2 Å². The zero-order valence-corrected chi connectivity index (χ0v) is 16.1. The number of hydrogen-bond donors (Lipinski definition) is 1. The summed E-state index contributed by atoms with van der Waals surface area (Å²) in [6, 6.07) is 20.0. The maximum Gasteiger partial charge on any atom is 0.271 e. The maximum atomic E-state index is 13.1. The standard InChI is InChI=1S/C23H25N3O2/c1-28-20-12-10-17(11-13-20)19-9-5-6-14-26(16-19)23(27)22-15-21(24-25-22)18-7-3-2-4-8-18/h2-4,7-8,10-13,15,19H,5-6,9,14,16H2,1H3,(H,24,25). The van der Waals surface area contributed by atoms with E-state index >= 15 is 0 Å². The van der Waals surface area contributed by atoms with Crippen LogP contribution >= 0.6 is 0 Å². The van der Waals surface area contributed by atoms with E-state index < -0.39 is 0 Å². The first-order chi connectivity index (χ1) is 13.7. The Kier molecular flexibility index (Phi) is 5.42. The van der Waals surface area contributed by atoms with Crippen molar-refractivity contribution in [3.8, 4) is 17.0 Å². The number of aromatic nitrogens is 2. The number of amides is 1. The predicted molar refractivity (Wildman–Crippen MR) is 110 cm³/mol. The van der Waals surface area contributed by atoms with Crippen molar-refractivity contribution in [2.75, 3.05) is 20.2 Å². The van der Waals surface area contributed by atoms with E-state index in [0.29, 0.717) is 11.6 Å². The second-order valence-corrected chi connectivity index (χ2v) is 7.25. The molecule has 1 aromatic heterocycles. The highest BCUT2D eigenvalue weighted by molar-refractivity contribution is 5.93. The molecule has 1 aliphatic heterocycles. The molecule has 1 N–H and O–H groups in total. The van der Waals surface area contributed by atoms with E-state index in [0.717, 1.165) is 49.4 Å². The number of carbonyl (C=O) groups is 1. The summed E-state index contributed by atoms with van der Waals surface area (Å²) in [5, 5.41) is 7.27. The molecule has 1 fully saturated rings. The second kappa shape index (κ2) is 8.30. The van der Waals surface area contributed by atoms with Gasteiger partial charge in [0.05, 0.1) is 12.8 Å². The van der Waals surface area contributed by atoms with Gasteiger partial charge in [-0.1, -0.05) is 48.9 Å². The van der Waals surface area contributed by atoms with Gasteiger partial charge in [0, 0.05) is 24.6 Å². The third-order valence-corrected chi connectivity index (χ3v) is 5.42. The Balaban J connectivity index is 1.51. The van der Waals surface area contributed by atoms with Crippen molar-refractivity contribution < 1.29 is 9.53 Å². The van der Waals surface area contributed by atoms with Crippen LogP contribution in [0.1, 0.15) is 41.2 Å². The summed E-state index contributed by atoms with van der Waals surface area (Å²) in [6.45, 7) is 1.51. The molecule has 0 bridgehead atoms. The number of methoxy groups -OCH3 is 1. The lowest BCUT2D eigenvalue weighted by atomic mass is 9.94. The molecule has 5 heteroatoms. The number of hydrogen-bond acceptors (Lipinski definition) is 3. The molecule has 1 aliphatic rings. The first-order valence-electron chi connectivity index (χ1n) is 9.78. The van der Waals surface area contributed by atoms with E-state index in [9.17, 15) is 4.79 Å². The zero-order chi connectivity index (χ0) is 19.3. The largest absolute Gasteiger partial charge is 0.497 e. The van der Waals surface area contributed by atoms with Gasteiger partial charge in [0.2, 0.25) is 0 Å². The summed E-state index contributed by atoms with van der Waals surface area (Å²) < 4.78 is 5.26. The molecule has 28 heavy (non-hydrogen) atoms. The van der Waals surface area contributed by atoms with Gasteiger partial charge in [0.1, 0.15) is 11.4 Å². The minimum atomic E-state index is 0.0232. The Morgan fingerprint density at radius 3 is 2.64 bits per heavy atom. The van der Waals surface area contributed by atoms with Crippen LogP contribution < -0.4 is 4.74 Å². The average molecular weight is 375 g/mol. The minimum Gasteiger partial charge on any atom is -0.497 e. The Labute approximate surface area is 165 Å². The van der Waals surface area contributed by atoms with Crippen LogP contribution in [0.3, 0.4) is 0 Å². The predicted octanol–water partition coefficient (Wildman–Crippen LogP) is 4.50. The van der Waals surface area contributed by atoms with Crippen molar-refractivity contribution in [2.24, 2.45) is 0 Å². The third-order valence-electron chi connectivity index (χ3n) is 5.42. The molecule has 1 amide bonds. The number of rotatable bonds is 4. The normalized spacial score (nSPS) is 17.2. The van der Waals surface area contributed by atoms with Gasteiger partial charge in [-0.25, -0.2) is 0 Å². The molecule has 144 valence electrons. The van der Waals surface area contributed by atoms with Gasteiger partial charge in [-0.3, -0.25) is 9.89 Å². The Morgan fingerprint density at radius 1 is 1.11 bits per heavy atom. The van der Waals surface area contributed by atoms with Crippen molar-refractivity contribution in [3.05, 3.63) is 71.9 Å². The number of H-pyrrole nitrogens is 1. The lowest BCUT2D eigenvalue weighted by Crippen LogP contribution is -2.34. The van der Waals surface area contributed by atoms with Crippen molar-refractivity contribution in [2.45, 2.75) is 25.2 Å². The van der Waals surface area contributed by atoms with E-state index in [-0.39, 0.29) is 5.91 Å². The third kappa shape index (κ3) is 3.93. The van der Waals surface area contributed by atoms with Crippen LogP contribution in [0.2, 0.25) is 0 Å². The van der Waals surface area contributed by atoms with Gasteiger partial charge < -0.3 is 9.64 Å². The number of nitrogens with one attached hydrogen (secondary N) is 1. The fourth-order valence-corrected chi connectivity index (χ4v) is 3.83. The number of benzene rings is 2. The molecule has 3 aromatic rings. The highest BCUT2D eigenvalue weighted by atomic mass is 16.5.